The molecule has 0 aliphatic carbocycles. The van der Waals surface area contributed by atoms with Crippen molar-refractivity contribution in [1.29, 1.82) is 0 Å². The van der Waals surface area contributed by atoms with Gasteiger partial charge in [-0.25, -0.2) is 0 Å². The molecule has 3 aromatic rings. The Kier molecular flexibility index (Phi) is 4.18. The van der Waals surface area contributed by atoms with Gasteiger partial charge in [-0.3, -0.25) is 4.98 Å². The number of halogens is 1. The van der Waals surface area contributed by atoms with Crippen molar-refractivity contribution in [1.82, 2.24) is 10.3 Å². The van der Waals surface area contributed by atoms with Gasteiger partial charge in [0.1, 0.15) is 0 Å². The van der Waals surface area contributed by atoms with Crippen LogP contribution in [0.3, 0.4) is 0 Å². The molecule has 1 aromatic heterocycles. The minimum atomic E-state index is 0.761. The zero-order valence-corrected chi connectivity index (χ0v) is 12.7. The summed E-state index contributed by atoms with van der Waals surface area (Å²) in [5, 5.41) is 5.28. The van der Waals surface area contributed by atoms with Gasteiger partial charge < -0.3 is 5.32 Å². The number of rotatable bonds is 4. The number of nitrogens with zero attached hydrogens (tertiary/aromatic N) is 1. The van der Waals surface area contributed by atoms with E-state index in [1.54, 1.807) is 0 Å². The SMILES string of the molecule is CCNCc1ccc(Cl)cc1-c1ccc2ncccc2c1. The van der Waals surface area contributed by atoms with E-state index >= 15 is 0 Å². The molecular weight excluding hydrogens is 280 g/mol. The standard InChI is InChI=1S/C18H17ClN2/c1-2-20-12-15-5-7-16(19)11-17(15)13-6-8-18-14(10-13)4-3-9-21-18/h3-11,20H,2,12H2,1H3. The smallest absolute Gasteiger partial charge is 0.0702 e. The van der Waals surface area contributed by atoms with E-state index in [4.69, 9.17) is 11.6 Å². The van der Waals surface area contributed by atoms with Crippen molar-refractivity contribution in [3.05, 3.63) is 65.3 Å². The normalized spacial score (nSPS) is 11.0. The van der Waals surface area contributed by atoms with Gasteiger partial charge >= 0.3 is 0 Å². The maximum Gasteiger partial charge on any atom is 0.0702 e. The lowest BCUT2D eigenvalue weighted by Gasteiger charge is -2.11. The highest BCUT2D eigenvalue weighted by Gasteiger charge is 2.07. The number of hydrogen-bond donors (Lipinski definition) is 1. The second-order valence-corrected chi connectivity index (χ2v) is 5.43. The molecule has 2 nitrogen and oxygen atoms in total. The first-order valence-electron chi connectivity index (χ1n) is 7.12. The highest BCUT2D eigenvalue weighted by Crippen LogP contribution is 2.29. The van der Waals surface area contributed by atoms with Crippen molar-refractivity contribution in [2.24, 2.45) is 0 Å². The zero-order valence-electron chi connectivity index (χ0n) is 11.9. The van der Waals surface area contributed by atoms with Crippen molar-refractivity contribution in [2.75, 3.05) is 6.54 Å². The molecule has 2 aromatic carbocycles. The molecule has 0 atom stereocenters. The van der Waals surface area contributed by atoms with Gasteiger partial charge in [0.05, 0.1) is 5.52 Å². The van der Waals surface area contributed by atoms with E-state index in [1.807, 2.05) is 24.4 Å². The van der Waals surface area contributed by atoms with E-state index in [0.717, 1.165) is 29.0 Å². The van der Waals surface area contributed by atoms with Crippen LogP contribution in [-0.4, -0.2) is 11.5 Å². The number of benzene rings is 2. The van der Waals surface area contributed by atoms with E-state index in [2.05, 4.69) is 47.6 Å². The zero-order chi connectivity index (χ0) is 14.7. The molecule has 0 fully saturated rings. The summed E-state index contributed by atoms with van der Waals surface area (Å²) >= 11 is 6.19. The van der Waals surface area contributed by atoms with Gasteiger partial charge in [0.25, 0.3) is 0 Å². The highest BCUT2D eigenvalue weighted by molar-refractivity contribution is 6.30. The van der Waals surface area contributed by atoms with Crippen LogP contribution in [0.15, 0.2) is 54.7 Å². The first-order valence-corrected chi connectivity index (χ1v) is 7.50. The van der Waals surface area contributed by atoms with Crippen LogP contribution >= 0.6 is 11.6 Å². The minimum absolute atomic E-state index is 0.761. The van der Waals surface area contributed by atoms with Crippen LogP contribution in [-0.2, 0) is 6.54 Å². The van der Waals surface area contributed by atoms with Crippen LogP contribution in [0.1, 0.15) is 12.5 Å². The van der Waals surface area contributed by atoms with Crippen molar-refractivity contribution in [3.63, 3.8) is 0 Å². The number of aromatic nitrogens is 1. The van der Waals surface area contributed by atoms with Gasteiger partial charge in [-0.15, -0.1) is 0 Å². The third-order valence-electron chi connectivity index (χ3n) is 3.55. The highest BCUT2D eigenvalue weighted by atomic mass is 35.5. The Morgan fingerprint density at radius 3 is 2.86 bits per heavy atom. The van der Waals surface area contributed by atoms with Gasteiger partial charge in [0, 0.05) is 23.2 Å². The largest absolute Gasteiger partial charge is 0.313 e. The summed E-state index contributed by atoms with van der Waals surface area (Å²) in [5.41, 5.74) is 4.61. The third kappa shape index (κ3) is 3.07. The lowest BCUT2D eigenvalue weighted by atomic mass is 9.98. The van der Waals surface area contributed by atoms with Crippen LogP contribution in [0.5, 0.6) is 0 Å². The fraction of sp³-hybridized carbons (Fsp3) is 0.167. The molecule has 3 rings (SSSR count). The molecule has 1 N–H and O–H groups in total. The fourth-order valence-electron chi connectivity index (χ4n) is 2.47. The Morgan fingerprint density at radius 2 is 2.00 bits per heavy atom. The molecule has 0 bridgehead atoms. The van der Waals surface area contributed by atoms with Crippen molar-refractivity contribution in [2.45, 2.75) is 13.5 Å². The van der Waals surface area contributed by atoms with Gasteiger partial charge in [-0.05, 0) is 53.6 Å². The lowest BCUT2D eigenvalue weighted by Crippen LogP contribution is -2.12. The molecule has 0 radical (unpaired) electrons. The molecule has 0 amide bonds. The maximum atomic E-state index is 6.19. The van der Waals surface area contributed by atoms with E-state index in [-0.39, 0.29) is 0 Å². The minimum Gasteiger partial charge on any atom is -0.313 e. The lowest BCUT2D eigenvalue weighted by molar-refractivity contribution is 0.728. The Labute approximate surface area is 129 Å². The Balaban J connectivity index is 2.09. The Bertz CT molecular complexity index is 768. The molecule has 21 heavy (non-hydrogen) atoms. The van der Waals surface area contributed by atoms with Crippen LogP contribution in [0, 0.1) is 0 Å². The third-order valence-corrected chi connectivity index (χ3v) is 3.79. The average Bonchev–Trinajstić information content (AvgIpc) is 2.53. The van der Waals surface area contributed by atoms with E-state index in [9.17, 15) is 0 Å². The summed E-state index contributed by atoms with van der Waals surface area (Å²) < 4.78 is 0. The predicted octanol–water partition coefficient (Wildman–Crippen LogP) is 4.66. The summed E-state index contributed by atoms with van der Waals surface area (Å²) in [6.45, 7) is 3.90. The summed E-state index contributed by atoms with van der Waals surface area (Å²) in [5.74, 6) is 0. The first kappa shape index (κ1) is 14.1. The number of fused-ring (bicyclic) bond motifs is 1. The molecule has 0 saturated heterocycles. The number of pyridine rings is 1. The quantitative estimate of drug-likeness (QED) is 0.757. The topological polar surface area (TPSA) is 24.9 Å². The molecule has 0 saturated carbocycles. The van der Waals surface area contributed by atoms with Crippen molar-refractivity contribution >= 4 is 22.5 Å². The fourth-order valence-corrected chi connectivity index (χ4v) is 2.65. The number of hydrogen-bond acceptors (Lipinski definition) is 2. The monoisotopic (exact) mass is 296 g/mol. The van der Waals surface area contributed by atoms with Crippen LogP contribution in [0.25, 0.3) is 22.0 Å². The second-order valence-electron chi connectivity index (χ2n) is 4.99. The molecule has 1 heterocycles. The van der Waals surface area contributed by atoms with Gasteiger partial charge in [-0.2, -0.15) is 0 Å². The van der Waals surface area contributed by atoms with Crippen LogP contribution in [0.2, 0.25) is 5.02 Å². The van der Waals surface area contributed by atoms with Gasteiger partial charge in [-0.1, -0.05) is 36.7 Å². The van der Waals surface area contributed by atoms with E-state index in [0.29, 0.717) is 0 Å². The predicted molar refractivity (Wildman–Crippen MR) is 89.6 cm³/mol. The van der Waals surface area contributed by atoms with Crippen molar-refractivity contribution in [3.8, 4) is 11.1 Å². The molecule has 0 aliphatic rings. The Morgan fingerprint density at radius 1 is 1.10 bits per heavy atom. The molecular formula is C18H17ClN2. The van der Waals surface area contributed by atoms with Crippen LogP contribution < -0.4 is 5.32 Å². The van der Waals surface area contributed by atoms with E-state index in [1.165, 1.54) is 16.7 Å². The molecule has 0 spiro atoms. The molecule has 0 unspecified atom stereocenters. The number of nitrogens with one attached hydrogen (secondary N) is 1. The molecule has 3 heteroatoms. The summed E-state index contributed by atoms with van der Waals surface area (Å²) in [7, 11) is 0. The van der Waals surface area contributed by atoms with Gasteiger partial charge in [0.2, 0.25) is 0 Å². The van der Waals surface area contributed by atoms with Crippen LogP contribution in [0.4, 0.5) is 0 Å². The summed E-state index contributed by atoms with van der Waals surface area (Å²) in [6.07, 6.45) is 1.82. The maximum absolute atomic E-state index is 6.19. The van der Waals surface area contributed by atoms with Gasteiger partial charge in [0.15, 0.2) is 0 Å². The molecule has 106 valence electrons. The second kappa shape index (κ2) is 6.25. The van der Waals surface area contributed by atoms with E-state index < -0.39 is 0 Å². The molecule has 0 aliphatic heterocycles. The first-order chi connectivity index (χ1) is 10.3. The van der Waals surface area contributed by atoms with Crippen molar-refractivity contribution < 1.29 is 0 Å². The summed E-state index contributed by atoms with van der Waals surface area (Å²) in [6, 6.07) is 16.5. The summed E-state index contributed by atoms with van der Waals surface area (Å²) in [4.78, 5) is 4.37. The average molecular weight is 297 g/mol. The Hall–Kier alpha value is -1.90.